The number of non-ortho nitro benzene ring substituents is 1. The minimum atomic E-state index is -0.411. The fraction of sp³-hybridized carbons (Fsp3) is 0.533. The van der Waals surface area contributed by atoms with Gasteiger partial charge in [-0.2, -0.15) is 0 Å². The Balaban J connectivity index is 1.88. The molecule has 1 saturated carbocycles. The summed E-state index contributed by atoms with van der Waals surface area (Å²) < 4.78 is 0. The van der Waals surface area contributed by atoms with Crippen LogP contribution >= 0.6 is 0 Å². The lowest BCUT2D eigenvalue weighted by Crippen LogP contribution is -2.34. The maximum Gasteiger partial charge on any atom is 0.269 e. The molecule has 1 spiro atoms. The monoisotopic (exact) mass is 289 g/mol. The fourth-order valence-corrected chi connectivity index (χ4v) is 2.90. The number of amides is 1. The molecular formula is C15H19N3O3. The molecule has 1 aliphatic carbocycles. The molecule has 0 radical (unpaired) electrons. The highest BCUT2D eigenvalue weighted by atomic mass is 16.6. The van der Waals surface area contributed by atoms with Gasteiger partial charge >= 0.3 is 0 Å². The highest BCUT2D eigenvalue weighted by Crippen LogP contribution is 2.46. The van der Waals surface area contributed by atoms with Crippen LogP contribution in [0.2, 0.25) is 0 Å². The lowest BCUT2D eigenvalue weighted by atomic mass is 10.1. The first-order chi connectivity index (χ1) is 9.93. The molecule has 1 heterocycles. The van der Waals surface area contributed by atoms with Crippen LogP contribution in [0, 0.1) is 16.0 Å². The van der Waals surface area contributed by atoms with E-state index < -0.39 is 4.92 Å². The van der Waals surface area contributed by atoms with Gasteiger partial charge in [0.25, 0.3) is 5.69 Å². The van der Waals surface area contributed by atoms with Crippen molar-refractivity contribution in [3.05, 3.63) is 39.9 Å². The van der Waals surface area contributed by atoms with Crippen molar-refractivity contribution < 1.29 is 9.72 Å². The zero-order chi connectivity index (χ0) is 15.2. The molecule has 1 aromatic rings. The van der Waals surface area contributed by atoms with Crippen LogP contribution in [0.5, 0.6) is 0 Å². The molecule has 1 amide bonds. The van der Waals surface area contributed by atoms with Crippen LogP contribution in [0.4, 0.5) is 5.69 Å². The fourth-order valence-electron chi connectivity index (χ4n) is 2.90. The zero-order valence-electron chi connectivity index (χ0n) is 12.2. The zero-order valence-corrected chi connectivity index (χ0v) is 12.2. The van der Waals surface area contributed by atoms with E-state index in [-0.39, 0.29) is 23.3 Å². The van der Waals surface area contributed by atoms with Gasteiger partial charge in [0.05, 0.1) is 4.92 Å². The molecule has 21 heavy (non-hydrogen) atoms. The Morgan fingerprint density at radius 1 is 1.38 bits per heavy atom. The Morgan fingerprint density at radius 2 is 2.00 bits per heavy atom. The molecule has 2 aliphatic rings. The van der Waals surface area contributed by atoms with E-state index in [9.17, 15) is 14.9 Å². The van der Waals surface area contributed by atoms with Gasteiger partial charge < -0.3 is 4.90 Å². The van der Waals surface area contributed by atoms with E-state index in [0.717, 1.165) is 18.4 Å². The molecule has 3 rings (SSSR count). The van der Waals surface area contributed by atoms with Crippen LogP contribution in [0.25, 0.3) is 0 Å². The lowest BCUT2D eigenvalue weighted by molar-refractivity contribution is -0.384. The Bertz CT molecular complexity index is 578. The highest BCUT2D eigenvalue weighted by molar-refractivity contribution is 5.92. The summed E-state index contributed by atoms with van der Waals surface area (Å²) in [6, 6.07) is 6.45. The summed E-state index contributed by atoms with van der Waals surface area (Å²) in [5.41, 5.74) is 0.597. The van der Waals surface area contributed by atoms with Gasteiger partial charge in [0, 0.05) is 18.7 Å². The van der Waals surface area contributed by atoms with Crippen LogP contribution in [0.1, 0.15) is 38.4 Å². The topological polar surface area (TPSA) is 75.5 Å². The summed E-state index contributed by atoms with van der Waals surface area (Å²) in [6.07, 6.45) is 1.58. The highest BCUT2D eigenvalue weighted by Gasteiger charge is 2.59. The predicted molar refractivity (Wildman–Crippen MR) is 77.5 cm³/mol. The van der Waals surface area contributed by atoms with Crippen molar-refractivity contribution in [1.82, 2.24) is 10.2 Å². The second-order valence-corrected chi connectivity index (χ2v) is 6.33. The van der Waals surface area contributed by atoms with Crippen LogP contribution < -0.4 is 5.32 Å². The van der Waals surface area contributed by atoms with Gasteiger partial charge in [0.1, 0.15) is 11.7 Å². The van der Waals surface area contributed by atoms with Gasteiger partial charge in [-0.3, -0.25) is 20.2 Å². The number of nitro benzene ring substituents is 1. The summed E-state index contributed by atoms with van der Waals surface area (Å²) in [7, 11) is 0. The Morgan fingerprint density at radius 3 is 2.48 bits per heavy atom. The first-order valence-corrected chi connectivity index (χ1v) is 7.26. The number of carbonyl (C=O) groups is 1. The van der Waals surface area contributed by atoms with Crippen molar-refractivity contribution in [3.8, 4) is 0 Å². The number of hydrogen-bond acceptors (Lipinski definition) is 4. The summed E-state index contributed by atoms with van der Waals surface area (Å²) in [5.74, 6) is 0.546. The van der Waals surface area contributed by atoms with Gasteiger partial charge in [0.15, 0.2) is 0 Å². The number of nitrogens with zero attached hydrogens (tertiary/aromatic N) is 2. The maximum absolute atomic E-state index is 12.5. The largest absolute Gasteiger partial charge is 0.321 e. The standard InChI is InChI=1S/C15H19N3O3/c1-10(2)9-17-13(16-15(7-8-15)14(17)19)11-3-5-12(6-4-11)18(20)21/h3-6,10,13,16H,7-9H2,1-2H3. The van der Waals surface area contributed by atoms with Gasteiger partial charge in [-0.25, -0.2) is 0 Å². The van der Waals surface area contributed by atoms with Gasteiger partial charge in [0.2, 0.25) is 5.91 Å². The van der Waals surface area contributed by atoms with E-state index in [2.05, 4.69) is 19.2 Å². The summed E-state index contributed by atoms with van der Waals surface area (Å²) in [4.78, 5) is 24.7. The molecule has 6 nitrogen and oxygen atoms in total. The van der Waals surface area contributed by atoms with Crippen LogP contribution in [-0.2, 0) is 4.79 Å². The van der Waals surface area contributed by atoms with Crippen LogP contribution in [-0.4, -0.2) is 27.8 Å². The van der Waals surface area contributed by atoms with Crippen molar-refractivity contribution >= 4 is 11.6 Å². The molecule has 1 unspecified atom stereocenters. The first kappa shape index (κ1) is 14.0. The van der Waals surface area contributed by atoms with E-state index in [1.807, 2.05) is 4.90 Å². The molecule has 1 N–H and O–H groups in total. The summed E-state index contributed by atoms with van der Waals surface area (Å²) in [5, 5.41) is 14.2. The number of benzene rings is 1. The van der Waals surface area contributed by atoms with Gasteiger partial charge in [-0.15, -0.1) is 0 Å². The molecular weight excluding hydrogens is 270 g/mol. The molecule has 112 valence electrons. The van der Waals surface area contributed by atoms with E-state index in [4.69, 9.17) is 0 Å². The molecule has 0 aromatic heterocycles. The van der Waals surface area contributed by atoms with E-state index in [1.165, 1.54) is 12.1 Å². The van der Waals surface area contributed by atoms with Crippen molar-refractivity contribution in [1.29, 1.82) is 0 Å². The Kier molecular flexibility index (Phi) is 3.20. The minimum Gasteiger partial charge on any atom is -0.321 e. The Labute approximate surface area is 123 Å². The predicted octanol–water partition coefficient (Wildman–Crippen LogP) is 2.21. The second kappa shape index (κ2) is 4.80. The van der Waals surface area contributed by atoms with Crippen molar-refractivity contribution in [2.75, 3.05) is 6.54 Å². The number of nitrogens with one attached hydrogen (secondary N) is 1. The third kappa shape index (κ3) is 2.40. The maximum atomic E-state index is 12.5. The Hall–Kier alpha value is -1.95. The molecule has 0 bridgehead atoms. The third-order valence-corrected chi connectivity index (χ3v) is 4.13. The molecule has 1 atom stereocenters. The summed E-state index contributed by atoms with van der Waals surface area (Å²) >= 11 is 0. The van der Waals surface area contributed by atoms with E-state index in [1.54, 1.807) is 12.1 Å². The minimum absolute atomic E-state index is 0.0691. The first-order valence-electron chi connectivity index (χ1n) is 7.26. The molecule has 1 aromatic carbocycles. The smallest absolute Gasteiger partial charge is 0.269 e. The third-order valence-electron chi connectivity index (χ3n) is 4.13. The lowest BCUT2D eigenvalue weighted by Gasteiger charge is -2.26. The van der Waals surface area contributed by atoms with Crippen molar-refractivity contribution in [2.45, 2.75) is 38.4 Å². The molecule has 6 heteroatoms. The number of hydrogen-bond donors (Lipinski definition) is 1. The molecule has 1 saturated heterocycles. The van der Waals surface area contributed by atoms with Crippen molar-refractivity contribution in [2.24, 2.45) is 5.92 Å². The average molecular weight is 289 g/mol. The quantitative estimate of drug-likeness (QED) is 0.681. The average Bonchev–Trinajstić information content (AvgIpc) is 3.17. The second-order valence-electron chi connectivity index (χ2n) is 6.33. The number of nitro groups is 1. The SMILES string of the molecule is CC(C)CN1C(=O)C2(CC2)NC1c1ccc([N+](=O)[O-])cc1. The van der Waals surface area contributed by atoms with Crippen molar-refractivity contribution in [3.63, 3.8) is 0 Å². The number of carbonyl (C=O) groups excluding carboxylic acids is 1. The summed E-state index contributed by atoms with van der Waals surface area (Å²) in [6.45, 7) is 4.85. The number of rotatable bonds is 4. The normalized spacial score (nSPS) is 23.1. The van der Waals surface area contributed by atoms with Gasteiger partial charge in [-0.1, -0.05) is 13.8 Å². The molecule has 1 aliphatic heterocycles. The molecule has 2 fully saturated rings. The van der Waals surface area contributed by atoms with Crippen LogP contribution in [0.3, 0.4) is 0 Å². The van der Waals surface area contributed by atoms with E-state index in [0.29, 0.717) is 12.5 Å². The van der Waals surface area contributed by atoms with Gasteiger partial charge in [-0.05, 0) is 36.5 Å². The van der Waals surface area contributed by atoms with Crippen LogP contribution in [0.15, 0.2) is 24.3 Å². The van der Waals surface area contributed by atoms with E-state index >= 15 is 0 Å².